The maximum absolute atomic E-state index is 11.7. The molecule has 1 saturated heterocycles. The molecule has 0 bridgehead atoms. The summed E-state index contributed by atoms with van der Waals surface area (Å²) >= 11 is 0. The molecular formula is C15H25NO5. The zero-order valence-electron chi connectivity index (χ0n) is 12.8. The molecule has 0 unspecified atom stereocenters. The summed E-state index contributed by atoms with van der Waals surface area (Å²) in [5, 5.41) is 9.41. The number of esters is 1. The molecule has 1 amide bonds. The van der Waals surface area contributed by atoms with Crippen molar-refractivity contribution < 1.29 is 24.2 Å². The molecular weight excluding hydrogens is 274 g/mol. The van der Waals surface area contributed by atoms with Crippen LogP contribution in [0.4, 0.5) is 4.79 Å². The lowest BCUT2D eigenvalue weighted by molar-refractivity contribution is -0.145. The summed E-state index contributed by atoms with van der Waals surface area (Å²) in [6.07, 6.45) is 5.73. The van der Waals surface area contributed by atoms with E-state index in [9.17, 15) is 14.7 Å². The molecule has 1 aliphatic carbocycles. The summed E-state index contributed by atoms with van der Waals surface area (Å²) in [5.74, 6) is 0.0858. The average Bonchev–Trinajstić information content (AvgIpc) is 2.91. The quantitative estimate of drug-likeness (QED) is 0.806. The number of carbonyl (C=O) groups excluding carboxylic acids is 1. The van der Waals surface area contributed by atoms with Gasteiger partial charge in [-0.3, -0.25) is 4.90 Å². The number of ether oxygens (including phenoxy) is 2. The Morgan fingerprint density at radius 2 is 1.76 bits per heavy atom. The molecule has 21 heavy (non-hydrogen) atoms. The number of likely N-dealkylation sites (tertiary alicyclic amines) is 1. The van der Waals surface area contributed by atoms with Crippen LogP contribution in [0, 0.1) is 5.92 Å². The highest BCUT2D eigenvalue weighted by atomic mass is 16.5. The fourth-order valence-electron chi connectivity index (χ4n) is 3.76. The van der Waals surface area contributed by atoms with E-state index >= 15 is 0 Å². The Morgan fingerprint density at radius 3 is 2.29 bits per heavy atom. The van der Waals surface area contributed by atoms with Gasteiger partial charge in [0, 0.05) is 13.2 Å². The largest absolute Gasteiger partial charge is 0.467 e. The van der Waals surface area contributed by atoms with Crippen molar-refractivity contribution in [2.24, 2.45) is 5.92 Å². The molecule has 0 spiro atoms. The maximum atomic E-state index is 11.7. The van der Waals surface area contributed by atoms with Crippen molar-refractivity contribution >= 4 is 12.1 Å². The standard InChI is InChI=1S/C15H25NO5/c1-20-12-6-3-10(4-7-12)9-11-5-8-13(14(17)21-2)16(11)15(18)19/h10-13H,3-9H2,1-2H3,(H,18,19)/t10?,11-,12?,13+/m0/s1. The second-order valence-corrected chi connectivity index (χ2v) is 6.07. The van der Waals surface area contributed by atoms with Crippen LogP contribution in [0.1, 0.15) is 44.9 Å². The van der Waals surface area contributed by atoms with Gasteiger partial charge in [-0.15, -0.1) is 0 Å². The van der Waals surface area contributed by atoms with Crippen molar-refractivity contribution in [2.45, 2.75) is 63.1 Å². The minimum absolute atomic E-state index is 0.0595. The zero-order chi connectivity index (χ0) is 15.4. The summed E-state index contributed by atoms with van der Waals surface area (Å²) in [7, 11) is 3.05. The van der Waals surface area contributed by atoms with E-state index in [2.05, 4.69) is 0 Å². The van der Waals surface area contributed by atoms with E-state index in [-0.39, 0.29) is 6.04 Å². The Balaban J connectivity index is 1.93. The topological polar surface area (TPSA) is 76.1 Å². The molecule has 0 radical (unpaired) electrons. The average molecular weight is 299 g/mol. The number of methoxy groups -OCH3 is 2. The molecule has 2 fully saturated rings. The van der Waals surface area contributed by atoms with Gasteiger partial charge in [0.2, 0.25) is 0 Å². The molecule has 1 saturated carbocycles. The van der Waals surface area contributed by atoms with Crippen molar-refractivity contribution in [1.82, 2.24) is 4.90 Å². The van der Waals surface area contributed by atoms with Gasteiger partial charge in [0.05, 0.1) is 13.2 Å². The molecule has 120 valence electrons. The second kappa shape index (κ2) is 7.11. The van der Waals surface area contributed by atoms with E-state index in [1.807, 2.05) is 0 Å². The van der Waals surface area contributed by atoms with Gasteiger partial charge < -0.3 is 14.6 Å². The molecule has 1 heterocycles. The zero-order valence-corrected chi connectivity index (χ0v) is 12.8. The van der Waals surface area contributed by atoms with E-state index in [1.54, 1.807) is 7.11 Å². The fourth-order valence-corrected chi connectivity index (χ4v) is 3.76. The molecule has 6 nitrogen and oxygen atoms in total. The summed E-state index contributed by atoms with van der Waals surface area (Å²) in [4.78, 5) is 24.5. The number of carbonyl (C=O) groups is 2. The molecule has 2 atom stereocenters. The van der Waals surface area contributed by atoms with Gasteiger partial charge in [0.1, 0.15) is 6.04 Å². The van der Waals surface area contributed by atoms with Crippen molar-refractivity contribution in [3.05, 3.63) is 0 Å². The summed E-state index contributed by atoms with van der Waals surface area (Å²) in [6, 6.07) is -0.691. The van der Waals surface area contributed by atoms with Crippen LogP contribution in [0.15, 0.2) is 0 Å². The number of nitrogens with zero attached hydrogens (tertiary/aromatic N) is 1. The molecule has 2 rings (SSSR count). The van der Waals surface area contributed by atoms with Crippen molar-refractivity contribution in [3.63, 3.8) is 0 Å². The van der Waals surface area contributed by atoms with Crippen LogP contribution >= 0.6 is 0 Å². The van der Waals surface area contributed by atoms with Crippen LogP contribution in [-0.4, -0.2) is 54.5 Å². The molecule has 1 aliphatic heterocycles. The minimum atomic E-state index is -1.02. The van der Waals surface area contributed by atoms with Gasteiger partial charge in [0.25, 0.3) is 0 Å². The van der Waals surface area contributed by atoms with Crippen LogP contribution < -0.4 is 0 Å². The normalized spacial score (nSPS) is 33.0. The van der Waals surface area contributed by atoms with Gasteiger partial charge in [-0.05, 0) is 50.9 Å². The summed E-state index contributed by atoms with van der Waals surface area (Å²) in [5.41, 5.74) is 0. The third kappa shape index (κ3) is 3.67. The molecule has 2 aliphatic rings. The van der Waals surface area contributed by atoms with Gasteiger partial charge >= 0.3 is 12.1 Å². The third-order valence-corrected chi connectivity index (χ3v) is 4.93. The Labute approximate surface area is 125 Å². The predicted molar refractivity (Wildman–Crippen MR) is 76.1 cm³/mol. The third-order valence-electron chi connectivity index (χ3n) is 4.93. The van der Waals surface area contributed by atoms with Gasteiger partial charge in [0.15, 0.2) is 0 Å². The van der Waals surface area contributed by atoms with Crippen molar-refractivity contribution in [2.75, 3.05) is 14.2 Å². The summed E-state index contributed by atoms with van der Waals surface area (Å²) in [6.45, 7) is 0. The Hall–Kier alpha value is -1.30. The number of hydrogen-bond donors (Lipinski definition) is 1. The SMILES string of the molecule is COC(=O)[C@H]1CC[C@@H](CC2CCC(OC)CC2)N1C(=O)O. The van der Waals surface area contributed by atoms with E-state index in [0.29, 0.717) is 18.4 Å². The predicted octanol–water partition coefficient (Wildman–Crippen LogP) is 2.27. The first-order valence-electron chi connectivity index (χ1n) is 7.68. The highest BCUT2D eigenvalue weighted by Gasteiger charge is 2.42. The summed E-state index contributed by atoms with van der Waals surface area (Å²) < 4.78 is 10.1. The molecule has 1 N–H and O–H groups in total. The minimum Gasteiger partial charge on any atom is -0.467 e. The number of rotatable bonds is 4. The number of carboxylic acid groups (broad SMARTS) is 1. The van der Waals surface area contributed by atoms with Crippen LogP contribution in [0.5, 0.6) is 0 Å². The van der Waals surface area contributed by atoms with E-state index in [1.165, 1.54) is 12.0 Å². The Bertz CT molecular complexity index is 378. The first-order chi connectivity index (χ1) is 10.1. The smallest absolute Gasteiger partial charge is 0.408 e. The van der Waals surface area contributed by atoms with E-state index in [0.717, 1.165) is 38.5 Å². The lowest BCUT2D eigenvalue weighted by Gasteiger charge is -2.32. The van der Waals surface area contributed by atoms with Gasteiger partial charge in [-0.2, -0.15) is 0 Å². The van der Waals surface area contributed by atoms with E-state index < -0.39 is 18.1 Å². The Kier molecular flexibility index (Phi) is 5.45. The first kappa shape index (κ1) is 16.1. The molecule has 0 aromatic heterocycles. The second-order valence-electron chi connectivity index (χ2n) is 6.07. The highest BCUT2D eigenvalue weighted by molar-refractivity contribution is 5.81. The van der Waals surface area contributed by atoms with Crippen molar-refractivity contribution in [1.29, 1.82) is 0 Å². The first-order valence-corrected chi connectivity index (χ1v) is 7.68. The van der Waals surface area contributed by atoms with E-state index in [4.69, 9.17) is 9.47 Å². The molecule has 6 heteroatoms. The number of amides is 1. The Morgan fingerprint density at radius 1 is 1.10 bits per heavy atom. The maximum Gasteiger partial charge on any atom is 0.408 e. The monoisotopic (exact) mass is 299 g/mol. The lowest BCUT2D eigenvalue weighted by atomic mass is 9.83. The highest BCUT2D eigenvalue weighted by Crippen LogP contribution is 2.35. The molecule has 0 aromatic rings. The fraction of sp³-hybridized carbons (Fsp3) is 0.867. The lowest BCUT2D eigenvalue weighted by Crippen LogP contribution is -2.45. The van der Waals surface area contributed by atoms with Crippen LogP contribution in [0.3, 0.4) is 0 Å². The van der Waals surface area contributed by atoms with Crippen LogP contribution in [0.2, 0.25) is 0 Å². The van der Waals surface area contributed by atoms with Crippen molar-refractivity contribution in [3.8, 4) is 0 Å². The molecule has 0 aromatic carbocycles. The van der Waals surface area contributed by atoms with Gasteiger partial charge in [-0.25, -0.2) is 9.59 Å². The number of hydrogen-bond acceptors (Lipinski definition) is 4. The van der Waals surface area contributed by atoms with Crippen LogP contribution in [-0.2, 0) is 14.3 Å². The van der Waals surface area contributed by atoms with Crippen LogP contribution in [0.25, 0.3) is 0 Å². The van der Waals surface area contributed by atoms with Gasteiger partial charge in [-0.1, -0.05) is 0 Å².